The van der Waals surface area contributed by atoms with E-state index in [9.17, 15) is 19.0 Å². The summed E-state index contributed by atoms with van der Waals surface area (Å²) < 4.78 is 31.5. The zero-order chi connectivity index (χ0) is 25.9. The van der Waals surface area contributed by atoms with Crippen LogP contribution in [-0.4, -0.2) is 58.1 Å². The van der Waals surface area contributed by atoms with Gasteiger partial charge in [-0.1, -0.05) is 36.1 Å². The quantitative estimate of drug-likeness (QED) is 0.357. The predicted octanol–water partition coefficient (Wildman–Crippen LogP) is 3.21. The largest absolute Gasteiger partial charge is 0.760 e. The van der Waals surface area contributed by atoms with Crippen molar-refractivity contribution >= 4 is 11.3 Å². The van der Waals surface area contributed by atoms with Crippen molar-refractivity contribution in [3.63, 3.8) is 0 Å². The van der Waals surface area contributed by atoms with Gasteiger partial charge in [-0.25, -0.2) is 9.29 Å². The first-order valence-electron chi connectivity index (χ1n) is 11.7. The number of aliphatic hydroxyl groups excluding tert-OH is 2. The zero-order valence-corrected chi connectivity index (χ0v) is 21.3. The molecule has 4 rings (SSSR count). The van der Waals surface area contributed by atoms with Gasteiger partial charge >= 0.3 is 0 Å². The molecule has 1 saturated carbocycles. The van der Waals surface area contributed by atoms with Crippen molar-refractivity contribution in [1.29, 1.82) is 0 Å². The Hall–Kier alpha value is -3.00. The molecule has 0 radical (unpaired) electrons. The summed E-state index contributed by atoms with van der Waals surface area (Å²) in [6.45, 7) is 3.36. The van der Waals surface area contributed by atoms with Crippen LogP contribution in [0.15, 0.2) is 60.9 Å². The van der Waals surface area contributed by atoms with Crippen LogP contribution < -0.4 is 4.74 Å². The molecule has 1 heterocycles. The summed E-state index contributed by atoms with van der Waals surface area (Å²) >= 11 is -2.23. The number of aliphatic hydroxyl groups is 2. The van der Waals surface area contributed by atoms with Crippen molar-refractivity contribution in [3.05, 3.63) is 72.3 Å². The highest BCUT2D eigenvalue weighted by molar-refractivity contribution is 7.76. The minimum atomic E-state index is -2.23. The van der Waals surface area contributed by atoms with E-state index in [4.69, 9.17) is 4.74 Å². The molecule has 0 saturated heterocycles. The summed E-state index contributed by atoms with van der Waals surface area (Å²) in [7, 11) is 1.59. The second-order valence-corrected chi connectivity index (χ2v) is 10.3. The molecule has 1 aromatic heterocycles. The van der Waals surface area contributed by atoms with Crippen LogP contribution in [0.2, 0.25) is 0 Å². The van der Waals surface area contributed by atoms with Crippen molar-refractivity contribution in [1.82, 2.24) is 13.9 Å². The third-order valence-electron chi connectivity index (χ3n) is 6.66. The molecule has 0 amide bonds. The number of benzene rings is 2. The topological polar surface area (TPSA) is 111 Å². The smallest absolute Gasteiger partial charge is 0.138 e. The molecular formula is C27H30N3O5S-. The first kappa shape index (κ1) is 26.1. The van der Waals surface area contributed by atoms with Crippen LogP contribution in [0.5, 0.6) is 5.75 Å². The third kappa shape index (κ3) is 5.69. The lowest BCUT2D eigenvalue weighted by Gasteiger charge is -2.50. The molecule has 190 valence electrons. The molecule has 9 heteroatoms. The van der Waals surface area contributed by atoms with E-state index in [1.54, 1.807) is 30.9 Å². The van der Waals surface area contributed by atoms with E-state index < -0.39 is 29.0 Å². The number of rotatable bonds is 8. The highest BCUT2D eigenvalue weighted by Gasteiger charge is 2.45. The van der Waals surface area contributed by atoms with Gasteiger partial charge in [-0.3, -0.25) is 4.21 Å². The standard InChI is InChI=1S/C27H31N3O5S/c1-19(32)26-28-14-15-30(26)23(18-31)11-6-20-4-7-21(8-5-20)22-9-12-24(13-10-22)35-25-16-27(2,17-25)29(3)36(33)34/h4-5,7-10,12-15,19,23,25,31-32H,16-18H2,1-3H3,(H,33,34)/p-1/t19-,23-,25?,27?/m0/s1. The second kappa shape index (κ2) is 10.9. The SMILES string of the molecule is C[C@H](O)c1nccn1[C@@H](C#Cc1ccc(-c2ccc(OC3CC(C)(N(C)S(=O)[O-])C3)cc2)cc1)CO. The third-order valence-corrected chi connectivity index (χ3v) is 7.55. The summed E-state index contributed by atoms with van der Waals surface area (Å²) in [5.41, 5.74) is 2.49. The Balaban J connectivity index is 1.37. The van der Waals surface area contributed by atoms with E-state index in [1.165, 1.54) is 4.31 Å². The lowest BCUT2D eigenvalue weighted by Crippen LogP contribution is -2.57. The number of hydrogen-bond donors (Lipinski definition) is 2. The van der Waals surface area contributed by atoms with Gasteiger partial charge in [0.1, 0.15) is 29.8 Å². The molecule has 8 nitrogen and oxygen atoms in total. The van der Waals surface area contributed by atoms with Gasteiger partial charge in [0, 0.05) is 47.6 Å². The fourth-order valence-electron chi connectivity index (χ4n) is 4.39. The Morgan fingerprint density at radius 2 is 1.83 bits per heavy atom. The average molecular weight is 509 g/mol. The van der Waals surface area contributed by atoms with Gasteiger partial charge in [-0.15, -0.1) is 0 Å². The maximum absolute atomic E-state index is 11.2. The Morgan fingerprint density at radius 3 is 2.39 bits per heavy atom. The normalized spacial score (nSPS) is 21.7. The van der Waals surface area contributed by atoms with E-state index in [-0.39, 0.29) is 12.7 Å². The summed E-state index contributed by atoms with van der Waals surface area (Å²) in [6, 6.07) is 15.2. The maximum Gasteiger partial charge on any atom is 0.138 e. The minimum absolute atomic E-state index is 0.00792. The van der Waals surface area contributed by atoms with Crippen LogP contribution in [0.4, 0.5) is 0 Å². The highest BCUT2D eigenvalue weighted by Crippen LogP contribution is 2.39. The molecule has 36 heavy (non-hydrogen) atoms. The molecule has 2 aromatic carbocycles. The zero-order valence-electron chi connectivity index (χ0n) is 20.5. The monoisotopic (exact) mass is 508 g/mol. The Kier molecular flexibility index (Phi) is 7.93. The fourth-order valence-corrected chi connectivity index (χ4v) is 4.90. The van der Waals surface area contributed by atoms with Crippen molar-refractivity contribution in [3.8, 4) is 28.7 Å². The van der Waals surface area contributed by atoms with Crippen LogP contribution in [0, 0.1) is 11.8 Å². The van der Waals surface area contributed by atoms with Crippen molar-refractivity contribution < 1.29 is 23.7 Å². The van der Waals surface area contributed by atoms with E-state index in [1.807, 2.05) is 55.5 Å². The molecule has 3 aromatic rings. The van der Waals surface area contributed by atoms with Gasteiger partial charge in [-0.2, -0.15) is 0 Å². The summed E-state index contributed by atoms with van der Waals surface area (Å²) in [6.07, 6.45) is 3.83. The first-order chi connectivity index (χ1) is 17.2. The lowest BCUT2D eigenvalue weighted by atomic mass is 9.76. The number of aromatic nitrogens is 2. The number of imidazole rings is 1. The van der Waals surface area contributed by atoms with Gasteiger partial charge < -0.3 is 24.1 Å². The summed E-state index contributed by atoms with van der Waals surface area (Å²) in [4.78, 5) is 4.13. The van der Waals surface area contributed by atoms with Gasteiger partial charge in [0.2, 0.25) is 0 Å². The second-order valence-electron chi connectivity index (χ2n) is 9.30. The maximum atomic E-state index is 11.2. The minimum Gasteiger partial charge on any atom is -0.760 e. The number of hydrogen-bond acceptors (Lipinski definition) is 6. The van der Waals surface area contributed by atoms with E-state index >= 15 is 0 Å². The molecule has 3 atom stereocenters. The van der Waals surface area contributed by atoms with Gasteiger partial charge in [0.05, 0.1) is 6.61 Å². The molecule has 0 spiro atoms. The van der Waals surface area contributed by atoms with Gasteiger partial charge in [0.25, 0.3) is 0 Å². The highest BCUT2D eigenvalue weighted by atomic mass is 32.2. The van der Waals surface area contributed by atoms with Crippen molar-refractivity contribution in [2.75, 3.05) is 13.7 Å². The predicted molar refractivity (Wildman–Crippen MR) is 136 cm³/mol. The van der Waals surface area contributed by atoms with Crippen LogP contribution in [0.3, 0.4) is 0 Å². The molecule has 1 fully saturated rings. The number of ether oxygens (including phenoxy) is 1. The van der Waals surface area contributed by atoms with E-state index in [0.717, 1.165) is 22.4 Å². The average Bonchev–Trinajstić information content (AvgIpc) is 3.34. The van der Waals surface area contributed by atoms with Crippen LogP contribution in [0.25, 0.3) is 11.1 Å². The number of nitrogens with zero attached hydrogens (tertiary/aromatic N) is 3. The van der Waals surface area contributed by atoms with Crippen molar-refractivity contribution in [2.45, 2.75) is 50.5 Å². The van der Waals surface area contributed by atoms with Gasteiger partial charge in [-0.05, 0) is 56.3 Å². The Labute approximate surface area is 214 Å². The molecule has 1 aliphatic rings. The molecule has 2 N–H and O–H groups in total. The molecule has 0 aliphatic heterocycles. The van der Waals surface area contributed by atoms with Gasteiger partial charge in [0.15, 0.2) is 0 Å². The Morgan fingerprint density at radius 1 is 1.22 bits per heavy atom. The van der Waals surface area contributed by atoms with Crippen LogP contribution in [0.1, 0.15) is 50.2 Å². The summed E-state index contributed by atoms with van der Waals surface area (Å²) in [5.74, 6) is 7.36. The Bertz CT molecular complexity index is 1260. The summed E-state index contributed by atoms with van der Waals surface area (Å²) in [5, 5.41) is 19.6. The fraction of sp³-hybridized carbons (Fsp3) is 0.370. The van der Waals surface area contributed by atoms with Crippen LogP contribution in [-0.2, 0) is 11.3 Å². The molecule has 1 aliphatic carbocycles. The molecule has 0 bridgehead atoms. The van der Waals surface area contributed by atoms with E-state index in [2.05, 4.69) is 16.8 Å². The molecular weight excluding hydrogens is 478 g/mol. The van der Waals surface area contributed by atoms with Crippen molar-refractivity contribution in [2.24, 2.45) is 0 Å². The van der Waals surface area contributed by atoms with E-state index in [0.29, 0.717) is 18.7 Å². The molecule has 1 unspecified atom stereocenters. The lowest BCUT2D eigenvalue weighted by molar-refractivity contribution is -0.00407. The first-order valence-corrected chi connectivity index (χ1v) is 12.8. The van der Waals surface area contributed by atoms with Crippen LogP contribution >= 0.6 is 0 Å².